The molecule has 4 nitrogen and oxygen atoms in total. The van der Waals surface area contributed by atoms with Crippen LogP contribution in [0.15, 0.2) is 0 Å². The van der Waals surface area contributed by atoms with Crippen LogP contribution < -0.4 is 5.32 Å². The third-order valence-corrected chi connectivity index (χ3v) is 3.51. The number of carbonyl (C=O) groups excluding carboxylic acids is 2. The lowest BCUT2D eigenvalue weighted by molar-refractivity contribution is -0.141. The Hall–Kier alpha value is -1.06. The van der Waals surface area contributed by atoms with Crippen molar-refractivity contribution in [1.29, 1.82) is 0 Å². The molecular weight excluding hydrogens is 240 g/mol. The normalized spacial score (nSPS) is 20.2. The highest BCUT2D eigenvalue weighted by atomic mass is 16.2. The van der Waals surface area contributed by atoms with Crippen LogP contribution in [0.4, 0.5) is 0 Å². The molecule has 1 N–H and O–H groups in total. The van der Waals surface area contributed by atoms with Gasteiger partial charge in [0, 0.05) is 31.5 Å². The molecule has 1 heterocycles. The van der Waals surface area contributed by atoms with E-state index >= 15 is 0 Å². The number of rotatable bonds is 4. The molecule has 0 aromatic heterocycles. The van der Waals surface area contributed by atoms with Crippen molar-refractivity contribution in [3.63, 3.8) is 0 Å². The lowest BCUT2D eigenvalue weighted by Crippen LogP contribution is -2.47. The topological polar surface area (TPSA) is 49.4 Å². The Kier molecular flexibility index (Phi) is 5.83. The fraction of sp³-hybridized carbons (Fsp3) is 0.867. The first-order valence-electron chi connectivity index (χ1n) is 7.40. The molecule has 0 unspecified atom stereocenters. The smallest absolute Gasteiger partial charge is 0.227 e. The van der Waals surface area contributed by atoms with Gasteiger partial charge in [0.05, 0.1) is 0 Å². The third-order valence-electron chi connectivity index (χ3n) is 3.51. The standard InChI is InChI=1S/C15H28N2O2/c1-5-7-13(18)16-10-12-8-6-9-17(11-12)14(19)15(2,3)4/h12H,5-11H2,1-4H3,(H,16,18)/t12-/m0/s1. The molecule has 0 saturated carbocycles. The molecule has 0 aliphatic carbocycles. The quantitative estimate of drug-likeness (QED) is 0.849. The second-order valence-electron chi connectivity index (χ2n) is 6.56. The molecule has 2 amide bonds. The van der Waals surface area contributed by atoms with Gasteiger partial charge in [-0.3, -0.25) is 9.59 Å². The van der Waals surface area contributed by atoms with Crippen LogP contribution in [0, 0.1) is 11.3 Å². The van der Waals surface area contributed by atoms with Crippen LogP contribution in [0.25, 0.3) is 0 Å². The van der Waals surface area contributed by atoms with Crippen molar-refractivity contribution < 1.29 is 9.59 Å². The number of piperidine rings is 1. The zero-order valence-corrected chi connectivity index (χ0v) is 12.8. The monoisotopic (exact) mass is 268 g/mol. The molecule has 0 spiro atoms. The summed E-state index contributed by atoms with van der Waals surface area (Å²) < 4.78 is 0. The van der Waals surface area contributed by atoms with Crippen LogP contribution in [-0.2, 0) is 9.59 Å². The average molecular weight is 268 g/mol. The fourth-order valence-corrected chi connectivity index (χ4v) is 2.46. The van der Waals surface area contributed by atoms with Gasteiger partial charge in [-0.2, -0.15) is 0 Å². The second-order valence-corrected chi connectivity index (χ2v) is 6.56. The molecular formula is C15H28N2O2. The van der Waals surface area contributed by atoms with E-state index in [-0.39, 0.29) is 17.2 Å². The van der Waals surface area contributed by atoms with Crippen molar-refractivity contribution in [2.75, 3.05) is 19.6 Å². The maximum Gasteiger partial charge on any atom is 0.227 e. The van der Waals surface area contributed by atoms with Crippen molar-refractivity contribution in [2.24, 2.45) is 11.3 Å². The van der Waals surface area contributed by atoms with Gasteiger partial charge in [0.15, 0.2) is 0 Å². The minimum atomic E-state index is -0.312. The van der Waals surface area contributed by atoms with Crippen molar-refractivity contribution >= 4 is 11.8 Å². The van der Waals surface area contributed by atoms with Gasteiger partial charge in [-0.1, -0.05) is 27.7 Å². The van der Waals surface area contributed by atoms with E-state index in [1.54, 1.807) is 0 Å². The Balaban J connectivity index is 2.42. The summed E-state index contributed by atoms with van der Waals surface area (Å²) in [7, 11) is 0. The summed E-state index contributed by atoms with van der Waals surface area (Å²) in [6, 6.07) is 0. The summed E-state index contributed by atoms with van der Waals surface area (Å²) in [6.45, 7) is 10.2. The first-order chi connectivity index (χ1) is 8.84. The summed E-state index contributed by atoms with van der Waals surface area (Å²) in [5, 5.41) is 2.97. The first kappa shape index (κ1) is 16.0. The fourth-order valence-electron chi connectivity index (χ4n) is 2.46. The maximum atomic E-state index is 12.2. The molecule has 0 bridgehead atoms. The summed E-state index contributed by atoms with van der Waals surface area (Å²) in [6.07, 6.45) is 3.61. The number of nitrogens with one attached hydrogen (secondary N) is 1. The lowest BCUT2D eigenvalue weighted by Gasteiger charge is -2.36. The van der Waals surface area contributed by atoms with Crippen molar-refractivity contribution in [3.8, 4) is 0 Å². The Bertz CT molecular complexity index is 321. The highest BCUT2D eigenvalue weighted by molar-refractivity contribution is 5.81. The molecule has 1 fully saturated rings. The summed E-state index contributed by atoms with van der Waals surface area (Å²) >= 11 is 0. The molecule has 1 rings (SSSR count). The van der Waals surface area contributed by atoms with E-state index in [9.17, 15) is 9.59 Å². The zero-order chi connectivity index (χ0) is 14.5. The van der Waals surface area contributed by atoms with Crippen LogP contribution in [0.3, 0.4) is 0 Å². The van der Waals surface area contributed by atoms with Gasteiger partial charge in [0.2, 0.25) is 11.8 Å². The number of nitrogens with zero attached hydrogens (tertiary/aromatic N) is 1. The first-order valence-corrected chi connectivity index (χ1v) is 7.40. The van der Waals surface area contributed by atoms with Gasteiger partial charge in [-0.25, -0.2) is 0 Å². The van der Waals surface area contributed by atoms with E-state index in [1.807, 2.05) is 32.6 Å². The van der Waals surface area contributed by atoms with E-state index < -0.39 is 0 Å². The van der Waals surface area contributed by atoms with E-state index in [0.717, 1.165) is 32.4 Å². The van der Waals surface area contributed by atoms with Crippen LogP contribution in [0.2, 0.25) is 0 Å². The molecule has 0 radical (unpaired) electrons. The van der Waals surface area contributed by atoms with Gasteiger partial charge in [0.1, 0.15) is 0 Å². The van der Waals surface area contributed by atoms with E-state index in [1.165, 1.54) is 0 Å². The van der Waals surface area contributed by atoms with Gasteiger partial charge in [-0.15, -0.1) is 0 Å². The molecule has 1 atom stereocenters. The number of hydrogen-bond acceptors (Lipinski definition) is 2. The zero-order valence-electron chi connectivity index (χ0n) is 12.8. The van der Waals surface area contributed by atoms with Crippen molar-refractivity contribution in [2.45, 2.75) is 53.4 Å². The van der Waals surface area contributed by atoms with Gasteiger partial charge in [0.25, 0.3) is 0 Å². The Morgan fingerprint density at radius 1 is 1.32 bits per heavy atom. The van der Waals surface area contributed by atoms with Crippen LogP contribution >= 0.6 is 0 Å². The Labute approximate surface area is 116 Å². The Morgan fingerprint density at radius 2 is 2.00 bits per heavy atom. The minimum Gasteiger partial charge on any atom is -0.356 e. The van der Waals surface area contributed by atoms with Crippen LogP contribution in [0.1, 0.15) is 53.4 Å². The van der Waals surface area contributed by atoms with E-state index in [4.69, 9.17) is 0 Å². The lowest BCUT2D eigenvalue weighted by atomic mass is 9.91. The van der Waals surface area contributed by atoms with Gasteiger partial charge in [-0.05, 0) is 25.2 Å². The molecule has 1 aliphatic heterocycles. The maximum absolute atomic E-state index is 12.2. The SMILES string of the molecule is CCCC(=O)NC[C@@H]1CCCN(C(=O)C(C)(C)C)C1. The number of amides is 2. The third kappa shape index (κ3) is 5.21. The molecule has 1 aliphatic rings. The second kappa shape index (κ2) is 6.92. The Morgan fingerprint density at radius 3 is 2.58 bits per heavy atom. The highest BCUT2D eigenvalue weighted by Gasteiger charge is 2.30. The minimum absolute atomic E-state index is 0.127. The molecule has 0 aromatic carbocycles. The summed E-state index contributed by atoms with van der Waals surface area (Å²) in [5.74, 6) is 0.750. The summed E-state index contributed by atoms with van der Waals surface area (Å²) in [5.41, 5.74) is -0.312. The molecule has 1 saturated heterocycles. The average Bonchev–Trinajstić information content (AvgIpc) is 2.35. The predicted octanol–water partition coefficient (Wildman–Crippen LogP) is 2.19. The molecule has 110 valence electrons. The summed E-state index contributed by atoms with van der Waals surface area (Å²) in [4.78, 5) is 25.7. The predicted molar refractivity (Wildman–Crippen MR) is 76.7 cm³/mol. The largest absolute Gasteiger partial charge is 0.356 e. The van der Waals surface area contributed by atoms with Crippen LogP contribution in [-0.4, -0.2) is 36.3 Å². The number of hydrogen-bond donors (Lipinski definition) is 1. The van der Waals surface area contributed by atoms with E-state index in [2.05, 4.69) is 5.32 Å². The van der Waals surface area contributed by atoms with Gasteiger partial charge >= 0.3 is 0 Å². The van der Waals surface area contributed by atoms with Gasteiger partial charge < -0.3 is 10.2 Å². The van der Waals surface area contributed by atoms with Crippen molar-refractivity contribution in [3.05, 3.63) is 0 Å². The van der Waals surface area contributed by atoms with E-state index in [0.29, 0.717) is 18.9 Å². The molecule has 19 heavy (non-hydrogen) atoms. The van der Waals surface area contributed by atoms with Crippen molar-refractivity contribution in [1.82, 2.24) is 10.2 Å². The molecule has 0 aromatic rings. The number of carbonyl (C=O) groups is 2. The highest BCUT2D eigenvalue weighted by Crippen LogP contribution is 2.23. The number of likely N-dealkylation sites (tertiary alicyclic amines) is 1. The molecule has 4 heteroatoms. The van der Waals surface area contributed by atoms with Crippen LogP contribution in [0.5, 0.6) is 0 Å².